The van der Waals surface area contributed by atoms with Crippen LogP contribution < -0.4 is 0 Å². The summed E-state index contributed by atoms with van der Waals surface area (Å²) in [5.41, 5.74) is 0. The van der Waals surface area contributed by atoms with Crippen LogP contribution in [-0.2, 0) is 0 Å². The molecule has 0 aliphatic carbocycles. The number of hydrogen-bond donors (Lipinski definition) is 0. The van der Waals surface area contributed by atoms with E-state index in [-0.39, 0.29) is 0 Å². The minimum atomic E-state index is 0.833. The highest BCUT2D eigenvalue weighted by atomic mass is 32.2. The molecule has 2 unspecified atom stereocenters. The molecule has 0 nitrogen and oxygen atoms in total. The maximum atomic E-state index is 2.37. The molecule has 2 heteroatoms. The average Bonchev–Trinajstić information content (AvgIpc) is 2.12. The molecule has 0 aliphatic rings. The van der Waals surface area contributed by atoms with Gasteiger partial charge in [0.15, 0.2) is 0 Å². The van der Waals surface area contributed by atoms with Gasteiger partial charge in [-0.05, 0) is 30.3 Å². The van der Waals surface area contributed by atoms with Gasteiger partial charge in [0.25, 0.3) is 0 Å². The lowest BCUT2D eigenvalue weighted by Gasteiger charge is -2.15. The van der Waals surface area contributed by atoms with Crippen molar-refractivity contribution >= 4 is 23.5 Å². The van der Waals surface area contributed by atoms with Crippen LogP contribution in [-0.4, -0.2) is 22.0 Å². The second-order valence-corrected chi connectivity index (χ2v) is 7.45. The van der Waals surface area contributed by atoms with Crippen LogP contribution in [0, 0.1) is 5.92 Å². The van der Waals surface area contributed by atoms with Crippen LogP contribution in [0.25, 0.3) is 0 Å². The highest BCUT2D eigenvalue weighted by molar-refractivity contribution is 8.00. The van der Waals surface area contributed by atoms with Gasteiger partial charge in [0.05, 0.1) is 0 Å². The third-order valence-corrected chi connectivity index (χ3v) is 5.08. The van der Waals surface area contributed by atoms with Gasteiger partial charge in [-0.3, -0.25) is 0 Å². The van der Waals surface area contributed by atoms with Crippen molar-refractivity contribution in [3.63, 3.8) is 0 Å². The molecule has 0 N–H and O–H groups in total. The highest BCUT2D eigenvalue weighted by Gasteiger charge is 2.07. The third-order valence-electron chi connectivity index (χ3n) is 2.16. The number of rotatable bonds is 8. The second kappa shape index (κ2) is 8.96. The zero-order valence-electron chi connectivity index (χ0n) is 10.4. The van der Waals surface area contributed by atoms with E-state index in [2.05, 4.69) is 58.1 Å². The van der Waals surface area contributed by atoms with Gasteiger partial charge < -0.3 is 0 Å². The molecule has 14 heavy (non-hydrogen) atoms. The van der Waals surface area contributed by atoms with Crippen molar-refractivity contribution in [2.45, 2.75) is 58.0 Å². The Morgan fingerprint density at radius 3 is 2.14 bits per heavy atom. The SMILES string of the molecule is CCC(C)SC(C)CCSCC(C)C. The normalized spacial score (nSPS) is 15.9. The molecule has 0 amide bonds. The van der Waals surface area contributed by atoms with Crippen molar-refractivity contribution in [3.8, 4) is 0 Å². The van der Waals surface area contributed by atoms with Crippen LogP contribution >= 0.6 is 23.5 Å². The van der Waals surface area contributed by atoms with Gasteiger partial charge in [-0.2, -0.15) is 23.5 Å². The molecule has 0 rings (SSSR count). The Morgan fingerprint density at radius 1 is 1.00 bits per heavy atom. The van der Waals surface area contributed by atoms with Crippen molar-refractivity contribution in [2.75, 3.05) is 11.5 Å². The molecule has 0 aromatic rings. The van der Waals surface area contributed by atoms with Crippen molar-refractivity contribution < 1.29 is 0 Å². The van der Waals surface area contributed by atoms with Crippen LogP contribution in [0.5, 0.6) is 0 Å². The molecule has 0 aliphatic heterocycles. The molecular formula is C12H26S2. The molecule has 0 saturated carbocycles. The van der Waals surface area contributed by atoms with Gasteiger partial charge >= 0.3 is 0 Å². The maximum Gasteiger partial charge on any atom is 0.00292 e. The van der Waals surface area contributed by atoms with Crippen LogP contribution in [0.4, 0.5) is 0 Å². The fraction of sp³-hybridized carbons (Fsp3) is 1.00. The highest BCUT2D eigenvalue weighted by Crippen LogP contribution is 2.23. The van der Waals surface area contributed by atoms with Gasteiger partial charge in [-0.25, -0.2) is 0 Å². The Balaban J connectivity index is 3.30. The molecule has 0 spiro atoms. The first-order valence-electron chi connectivity index (χ1n) is 5.79. The predicted octanol–water partition coefficient (Wildman–Crippen LogP) is 4.69. The molecule has 86 valence electrons. The molecule has 0 aromatic heterocycles. The Kier molecular flexibility index (Phi) is 9.41. The summed E-state index contributed by atoms with van der Waals surface area (Å²) in [5, 5.41) is 1.67. The largest absolute Gasteiger partial charge is 0.162 e. The van der Waals surface area contributed by atoms with Crippen LogP contribution in [0.15, 0.2) is 0 Å². The summed E-state index contributed by atoms with van der Waals surface area (Å²) in [6.45, 7) is 11.6. The summed E-state index contributed by atoms with van der Waals surface area (Å²) in [6.07, 6.45) is 2.67. The summed E-state index contributed by atoms with van der Waals surface area (Å²) in [5.74, 6) is 3.50. The van der Waals surface area contributed by atoms with Gasteiger partial charge in [0.1, 0.15) is 0 Å². The van der Waals surface area contributed by atoms with Gasteiger partial charge in [0, 0.05) is 10.5 Å². The van der Waals surface area contributed by atoms with Crippen molar-refractivity contribution in [2.24, 2.45) is 5.92 Å². The van der Waals surface area contributed by atoms with E-state index in [4.69, 9.17) is 0 Å². The Morgan fingerprint density at radius 2 is 1.64 bits per heavy atom. The zero-order valence-corrected chi connectivity index (χ0v) is 12.0. The summed E-state index contributed by atoms with van der Waals surface area (Å²) in [7, 11) is 0. The van der Waals surface area contributed by atoms with E-state index in [1.54, 1.807) is 0 Å². The summed E-state index contributed by atoms with van der Waals surface area (Å²) < 4.78 is 0. The topological polar surface area (TPSA) is 0 Å². The van der Waals surface area contributed by atoms with E-state index >= 15 is 0 Å². The number of thioether (sulfide) groups is 2. The minimum Gasteiger partial charge on any atom is -0.162 e. The van der Waals surface area contributed by atoms with Crippen LogP contribution in [0.1, 0.15) is 47.5 Å². The molecule has 0 aromatic carbocycles. The molecule has 0 radical (unpaired) electrons. The molecule has 0 fully saturated rings. The summed E-state index contributed by atoms with van der Waals surface area (Å²) in [4.78, 5) is 0. The third kappa shape index (κ3) is 9.26. The number of hydrogen-bond acceptors (Lipinski definition) is 2. The maximum absolute atomic E-state index is 2.37. The van der Waals surface area contributed by atoms with E-state index in [1.807, 2.05) is 0 Å². The first-order valence-corrected chi connectivity index (χ1v) is 7.89. The monoisotopic (exact) mass is 234 g/mol. The lowest BCUT2D eigenvalue weighted by atomic mass is 10.3. The smallest absolute Gasteiger partial charge is 0.00292 e. The Labute approximate surface area is 99.0 Å². The molecule has 0 heterocycles. The van der Waals surface area contributed by atoms with E-state index < -0.39 is 0 Å². The fourth-order valence-electron chi connectivity index (χ4n) is 1.13. The molecule has 0 bridgehead atoms. The Hall–Kier alpha value is 0.700. The minimum absolute atomic E-state index is 0.833. The summed E-state index contributed by atoms with van der Waals surface area (Å²) >= 11 is 4.26. The first-order chi connectivity index (χ1) is 6.56. The quantitative estimate of drug-likeness (QED) is 0.559. The van der Waals surface area contributed by atoms with Gasteiger partial charge in [-0.1, -0.05) is 34.6 Å². The Bertz CT molecular complexity index is 123. The van der Waals surface area contributed by atoms with Crippen LogP contribution in [0.2, 0.25) is 0 Å². The van der Waals surface area contributed by atoms with Gasteiger partial charge in [-0.15, -0.1) is 0 Å². The van der Waals surface area contributed by atoms with E-state index in [9.17, 15) is 0 Å². The second-order valence-electron chi connectivity index (χ2n) is 4.42. The average molecular weight is 234 g/mol. The lowest BCUT2D eigenvalue weighted by molar-refractivity contribution is 0.749. The van der Waals surface area contributed by atoms with Crippen molar-refractivity contribution in [3.05, 3.63) is 0 Å². The fourth-order valence-corrected chi connectivity index (χ4v) is 3.68. The van der Waals surface area contributed by atoms with Crippen molar-refractivity contribution in [1.82, 2.24) is 0 Å². The van der Waals surface area contributed by atoms with E-state index in [0.29, 0.717) is 0 Å². The predicted molar refractivity (Wildman–Crippen MR) is 73.6 cm³/mol. The summed E-state index contributed by atoms with van der Waals surface area (Å²) in [6, 6.07) is 0. The van der Waals surface area contributed by atoms with Crippen LogP contribution in [0.3, 0.4) is 0 Å². The van der Waals surface area contributed by atoms with E-state index in [1.165, 1.54) is 24.3 Å². The molecular weight excluding hydrogens is 208 g/mol. The molecule has 0 saturated heterocycles. The first kappa shape index (κ1) is 14.7. The zero-order chi connectivity index (χ0) is 11.0. The molecule has 2 atom stereocenters. The van der Waals surface area contributed by atoms with Gasteiger partial charge in [0.2, 0.25) is 0 Å². The van der Waals surface area contributed by atoms with Crippen molar-refractivity contribution in [1.29, 1.82) is 0 Å². The standard InChI is InChI=1S/C12H26S2/c1-6-11(4)14-12(5)7-8-13-9-10(2)3/h10-12H,6-9H2,1-5H3. The lowest BCUT2D eigenvalue weighted by Crippen LogP contribution is -2.05. The van der Waals surface area contributed by atoms with E-state index in [0.717, 1.165) is 16.4 Å².